The van der Waals surface area contributed by atoms with E-state index in [2.05, 4.69) is 4.74 Å². The van der Waals surface area contributed by atoms with E-state index in [0.29, 0.717) is 6.61 Å². The molecule has 0 amide bonds. The van der Waals surface area contributed by atoms with Gasteiger partial charge in [-0.2, -0.15) is 0 Å². The second-order valence-corrected chi connectivity index (χ2v) is 1.61. The van der Waals surface area contributed by atoms with Gasteiger partial charge in [-0.1, -0.05) is 0 Å². The Morgan fingerprint density at radius 2 is 2.11 bits per heavy atom. The average Bonchev–Trinajstić information content (AvgIpc) is 1.85. The smallest absolute Gasteiger partial charge is 0.183 e. The van der Waals surface area contributed by atoms with E-state index in [9.17, 15) is 4.79 Å². The van der Waals surface area contributed by atoms with E-state index >= 15 is 0 Å². The Balaban J connectivity index is 3.06. The minimum Gasteiger partial charge on any atom is -0.377 e. The van der Waals surface area contributed by atoms with Crippen LogP contribution in [0.5, 0.6) is 0 Å². The topological polar surface area (TPSA) is 35.5 Å². The molecule has 0 aliphatic rings. The second kappa shape index (κ2) is 5.72. The summed E-state index contributed by atoms with van der Waals surface area (Å²) in [5.41, 5.74) is 0. The van der Waals surface area contributed by atoms with E-state index in [0.717, 1.165) is 0 Å². The van der Waals surface area contributed by atoms with Crippen molar-refractivity contribution in [2.24, 2.45) is 0 Å². The van der Waals surface area contributed by atoms with Gasteiger partial charge in [-0.15, -0.1) is 0 Å². The first-order valence-electron chi connectivity index (χ1n) is 2.89. The average molecular weight is 132 g/mol. The van der Waals surface area contributed by atoms with Crippen molar-refractivity contribution in [3.05, 3.63) is 0 Å². The van der Waals surface area contributed by atoms with Crippen LogP contribution in [0.3, 0.4) is 0 Å². The molecule has 0 rings (SSSR count). The Hall–Kier alpha value is -0.410. The molecule has 3 nitrogen and oxygen atoms in total. The first-order chi connectivity index (χ1) is 4.31. The molecule has 0 spiro atoms. The summed E-state index contributed by atoms with van der Waals surface area (Å²) in [6, 6.07) is 0. The quantitative estimate of drug-likeness (QED) is 0.537. The number of carbonyl (C=O) groups excluding carboxylic acids is 1. The largest absolute Gasteiger partial charge is 0.377 e. The summed E-state index contributed by atoms with van der Waals surface area (Å²) in [7, 11) is 1.49. The molecule has 0 aromatic rings. The van der Waals surface area contributed by atoms with Gasteiger partial charge in [-0.3, -0.25) is 4.79 Å². The van der Waals surface area contributed by atoms with Crippen molar-refractivity contribution in [1.29, 1.82) is 0 Å². The van der Waals surface area contributed by atoms with Crippen molar-refractivity contribution >= 4 is 5.78 Å². The van der Waals surface area contributed by atoms with Gasteiger partial charge in [-0.25, -0.2) is 0 Å². The van der Waals surface area contributed by atoms with Crippen molar-refractivity contribution in [3.8, 4) is 0 Å². The molecule has 54 valence electrons. The third-order valence-electron chi connectivity index (χ3n) is 0.772. The zero-order chi connectivity index (χ0) is 7.11. The van der Waals surface area contributed by atoms with E-state index in [-0.39, 0.29) is 19.0 Å². The lowest BCUT2D eigenvalue weighted by Crippen LogP contribution is -2.13. The second-order valence-electron chi connectivity index (χ2n) is 1.61. The molecule has 0 aromatic heterocycles. The van der Waals surface area contributed by atoms with Gasteiger partial charge in [0.2, 0.25) is 0 Å². The molecule has 0 saturated heterocycles. The van der Waals surface area contributed by atoms with Gasteiger partial charge in [0.05, 0.1) is 0 Å². The molecule has 9 heavy (non-hydrogen) atoms. The zero-order valence-corrected chi connectivity index (χ0v) is 5.85. The van der Waals surface area contributed by atoms with Crippen LogP contribution in [0, 0.1) is 0 Å². The summed E-state index contributed by atoms with van der Waals surface area (Å²) in [6.07, 6.45) is 0. The third kappa shape index (κ3) is 5.46. The fraction of sp³-hybridized carbons (Fsp3) is 0.833. The van der Waals surface area contributed by atoms with Gasteiger partial charge < -0.3 is 9.47 Å². The van der Waals surface area contributed by atoms with Crippen LogP contribution in [0.4, 0.5) is 0 Å². The van der Waals surface area contributed by atoms with Crippen LogP contribution in [0.15, 0.2) is 0 Å². The number of rotatable bonds is 5. The Morgan fingerprint density at radius 1 is 1.44 bits per heavy atom. The van der Waals surface area contributed by atoms with E-state index in [1.165, 1.54) is 7.11 Å². The van der Waals surface area contributed by atoms with Gasteiger partial charge in [0.25, 0.3) is 0 Å². The van der Waals surface area contributed by atoms with Crippen molar-refractivity contribution in [2.75, 3.05) is 26.9 Å². The van der Waals surface area contributed by atoms with E-state index in [1.54, 1.807) is 0 Å². The summed E-state index contributed by atoms with van der Waals surface area (Å²) >= 11 is 0. The maximum atomic E-state index is 10.6. The monoisotopic (exact) mass is 132 g/mol. The van der Waals surface area contributed by atoms with E-state index in [4.69, 9.17) is 4.74 Å². The number of carbonyl (C=O) groups is 1. The summed E-state index contributed by atoms with van der Waals surface area (Å²) in [6.45, 7) is 2.75. The molecule has 0 heterocycles. The molecule has 0 bridgehead atoms. The predicted molar refractivity (Wildman–Crippen MR) is 33.4 cm³/mol. The predicted octanol–water partition coefficient (Wildman–Crippen LogP) is 0.238. The van der Waals surface area contributed by atoms with Crippen LogP contribution in [0.1, 0.15) is 6.92 Å². The molecular weight excluding hydrogens is 120 g/mol. The van der Waals surface area contributed by atoms with Gasteiger partial charge in [0.15, 0.2) is 5.78 Å². The fourth-order valence-electron chi connectivity index (χ4n) is 0.419. The molecule has 0 aliphatic carbocycles. The molecule has 3 heteroatoms. The molecule has 0 unspecified atom stereocenters. The van der Waals surface area contributed by atoms with Crippen LogP contribution in [-0.4, -0.2) is 32.7 Å². The first kappa shape index (κ1) is 8.59. The Labute approximate surface area is 55.0 Å². The van der Waals surface area contributed by atoms with Gasteiger partial charge in [0, 0.05) is 13.7 Å². The van der Waals surface area contributed by atoms with Crippen molar-refractivity contribution < 1.29 is 14.3 Å². The highest BCUT2D eigenvalue weighted by Crippen LogP contribution is 1.77. The molecular formula is C6H12O3. The van der Waals surface area contributed by atoms with Crippen LogP contribution < -0.4 is 0 Å². The van der Waals surface area contributed by atoms with Crippen LogP contribution >= 0.6 is 0 Å². The van der Waals surface area contributed by atoms with Crippen molar-refractivity contribution in [2.45, 2.75) is 6.92 Å². The molecule has 0 aliphatic heterocycles. The fourth-order valence-corrected chi connectivity index (χ4v) is 0.419. The van der Waals surface area contributed by atoms with Crippen LogP contribution in [0.25, 0.3) is 0 Å². The summed E-state index contributed by atoms with van der Waals surface area (Å²) in [5, 5.41) is 0. The Morgan fingerprint density at radius 3 is 2.56 bits per heavy atom. The van der Waals surface area contributed by atoms with Crippen LogP contribution in [0.2, 0.25) is 0 Å². The first-order valence-corrected chi connectivity index (χ1v) is 2.89. The standard InChI is InChI=1S/C6H12O3/c1-3-9-5-6(7)4-8-2/h3-5H2,1-2H3. The lowest BCUT2D eigenvalue weighted by molar-refractivity contribution is -0.127. The maximum absolute atomic E-state index is 10.6. The highest BCUT2D eigenvalue weighted by atomic mass is 16.5. The van der Waals surface area contributed by atoms with Gasteiger partial charge >= 0.3 is 0 Å². The number of hydrogen-bond donors (Lipinski definition) is 0. The van der Waals surface area contributed by atoms with E-state index in [1.807, 2.05) is 6.92 Å². The summed E-state index contributed by atoms with van der Waals surface area (Å²) in [4.78, 5) is 10.6. The molecule has 0 saturated carbocycles. The molecule has 0 atom stereocenters. The summed E-state index contributed by atoms with van der Waals surface area (Å²) in [5.74, 6) is -0.0145. The van der Waals surface area contributed by atoms with Crippen molar-refractivity contribution in [3.63, 3.8) is 0 Å². The van der Waals surface area contributed by atoms with Gasteiger partial charge in [0.1, 0.15) is 13.2 Å². The van der Waals surface area contributed by atoms with E-state index < -0.39 is 0 Å². The van der Waals surface area contributed by atoms with Crippen molar-refractivity contribution in [1.82, 2.24) is 0 Å². The Kier molecular flexibility index (Phi) is 5.46. The SMILES string of the molecule is CCOCC(=O)COC. The molecule has 0 fully saturated rings. The normalized spacial score (nSPS) is 9.56. The number of Topliss-reactive ketones (excluding diaryl/α,β-unsaturated/α-hetero) is 1. The third-order valence-corrected chi connectivity index (χ3v) is 0.772. The molecule has 0 aromatic carbocycles. The molecule has 0 N–H and O–H groups in total. The highest BCUT2D eigenvalue weighted by molar-refractivity contribution is 5.80. The number of ether oxygens (including phenoxy) is 2. The number of ketones is 1. The lowest BCUT2D eigenvalue weighted by Gasteiger charge is -1.97. The number of hydrogen-bond acceptors (Lipinski definition) is 3. The lowest BCUT2D eigenvalue weighted by atomic mass is 10.4. The van der Waals surface area contributed by atoms with Gasteiger partial charge in [-0.05, 0) is 6.92 Å². The molecule has 0 radical (unpaired) electrons. The summed E-state index contributed by atoms with van der Waals surface area (Å²) < 4.78 is 9.39. The zero-order valence-electron chi connectivity index (χ0n) is 5.85. The Bertz CT molecular complexity index is 80.4. The highest BCUT2D eigenvalue weighted by Gasteiger charge is 1.97. The minimum atomic E-state index is -0.0145. The minimum absolute atomic E-state index is 0.0145. The number of methoxy groups -OCH3 is 1. The van der Waals surface area contributed by atoms with Crippen LogP contribution in [-0.2, 0) is 14.3 Å². The maximum Gasteiger partial charge on any atom is 0.183 e.